The number of ether oxygens (including phenoxy) is 1. The van der Waals surface area contributed by atoms with E-state index in [1.807, 2.05) is 0 Å². The molecule has 0 spiro atoms. The summed E-state index contributed by atoms with van der Waals surface area (Å²) >= 11 is 0. The Labute approximate surface area is 117 Å². The minimum absolute atomic E-state index is 0.253. The van der Waals surface area contributed by atoms with Crippen LogP contribution in [0.3, 0.4) is 0 Å². The maximum atomic E-state index is 11.6. The van der Waals surface area contributed by atoms with E-state index in [2.05, 4.69) is 10.1 Å². The average molecular weight is 284 g/mol. The van der Waals surface area contributed by atoms with E-state index >= 15 is 0 Å². The van der Waals surface area contributed by atoms with Crippen molar-refractivity contribution in [2.45, 2.75) is 39.8 Å². The van der Waals surface area contributed by atoms with Gasteiger partial charge in [0, 0.05) is 19.8 Å². The SMILES string of the molecule is CC#N.CC(=O)OCC(=O)[C@H](C)[C@H]1NC(=O)[C@@H]1[C@@H](C)O. The number of ketones is 1. The van der Waals surface area contributed by atoms with Crippen molar-refractivity contribution in [3.05, 3.63) is 0 Å². The third-order valence-electron chi connectivity index (χ3n) is 2.98. The van der Waals surface area contributed by atoms with Crippen LogP contribution in [0.4, 0.5) is 0 Å². The van der Waals surface area contributed by atoms with E-state index < -0.39 is 23.9 Å². The summed E-state index contributed by atoms with van der Waals surface area (Å²) in [6.07, 6.45) is -0.794. The Hall–Kier alpha value is -1.94. The Kier molecular flexibility index (Phi) is 7.47. The predicted molar refractivity (Wildman–Crippen MR) is 69.2 cm³/mol. The number of β-lactam (4-membered cyclic amide) rings is 1. The molecule has 1 heterocycles. The molecule has 1 aliphatic heterocycles. The summed E-state index contributed by atoms with van der Waals surface area (Å²) in [4.78, 5) is 33.4. The van der Waals surface area contributed by atoms with Crippen LogP contribution in [0.2, 0.25) is 0 Å². The predicted octanol–water partition coefficient (Wildman–Crippen LogP) is -0.220. The number of Topliss-reactive ketones (excluding diaryl/α,β-unsaturated/α-hetero) is 1. The number of amides is 1. The van der Waals surface area contributed by atoms with Gasteiger partial charge in [-0.25, -0.2) is 0 Å². The second-order valence-electron chi connectivity index (χ2n) is 4.56. The number of nitrogens with one attached hydrogen (secondary N) is 1. The van der Waals surface area contributed by atoms with Crippen LogP contribution in [-0.2, 0) is 19.1 Å². The van der Waals surface area contributed by atoms with Crippen LogP contribution in [0.25, 0.3) is 0 Å². The maximum absolute atomic E-state index is 11.6. The lowest BCUT2D eigenvalue weighted by molar-refractivity contribution is -0.151. The smallest absolute Gasteiger partial charge is 0.303 e. The normalized spacial score (nSPS) is 22.9. The number of rotatable bonds is 5. The molecule has 1 rings (SSSR count). The van der Waals surface area contributed by atoms with Gasteiger partial charge in [-0.15, -0.1) is 0 Å². The highest BCUT2D eigenvalue weighted by Crippen LogP contribution is 2.26. The van der Waals surface area contributed by atoms with E-state index in [-0.39, 0.29) is 24.3 Å². The summed E-state index contributed by atoms with van der Waals surface area (Å²) in [5.74, 6) is -2.08. The van der Waals surface area contributed by atoms with E-state index in [9.17, 15) is 19.5 Å². The molecule has 7 heteroatoms. The molecule has 7 nitrogen and oxygen atoms in total. The number of aliphatic hydroxyl groups excluding tert-OH is 1. The highest BCUT2D eigenvalue weighted by molar-refractivity contribution is 5.91. The van der Waals surface area contributed by atoms with Crippen molar-refractivity contribution in [1.82, 2.24) is 5.32 Å². The van der Waals surface area contributed by atoms with Crippen molar-refractivity contribution in [2.75, 3.05) is 6.61 Å². The van der Waals surface area contributed by atoms with Crippen molar-refractivity contribution in [3.8, 4) is 6.07 Å². The number of hydrogen-bond acceptors (Lipinski definition) is 6. The van der Waals surface area contributed by atoms with Gasteiger partial charge >= 0.3 is 5.97 Å². The van der Waals surface area contributed by atoms with Gasteiger partial charge in [-0.3, -0.25) is 14.4 Å². The fourth-order valence-electron chi connectivity index (χ4n) is 1.88. The van der Waals surface area contributed by atoms with E-state index in [0.29, 0.717) is 0 Å². The summed E-state index contributed by atoms with van der Waals surface area (Å²) < 4.78 is 4.60. The third kappa shape index (κ3) is 4.97. The quantitative estimate of drug-likeness (QED) is 0.532. The van der Waals surface area contributed by atoms with Crippen LogP contribution >= 0.6 is 0 Å². The van der Waals surface area contributed by atoms with Gasteiger partial charge in [0.2, 0.25) is 5.91 Å². The lowest BCUT2D eigenvalue weighted by Gasteiger charge is -2.41. The van der Waals surface area contributed by atoms with Crippen molar-refractivity contribution < 1.29 is 24.2 Å². The number of nitriles is 1. The molecule has 4 atom stereocenters. The Bertz CT molecular complexity index is 413. The Morgan fingerprint density at radius 2 is 2.00 bits per heavy atom. The highest BCUT2D eigenvalue weighted by atomic mass is 16.5. The van der Waals surface area contributed by atoms with Gasteiger partial charge in [-0.2, -0.15) is 5.26 Å². The molecule has 0 unspecified atom stereocenters. The number of nitrogens with zero attached hydrogens (tertiary/aromatic N) is 1. The third-order valence-corrected chi connectivity index (χ3v) is 2.98. The van der Waals surface area contributed by atoms with Gasteiger partial charge < -0.3 is 15.2 Å². The number of carbonyl (C=O) groups excluding carboxylic acids is 3. The first-order valence-electron chi connectivity index (χ1n) is 6.21. The van der Waals surface area contributed by atoms with E-state index in [0.717, 1.165) is 0 Å². The molecule has 0 aromatic rings. The molecule has 2 N–H and O–H groups in total. The van der Waals surface area contributed by atoms with Crippen molar-refractivity contribution >= 4 is 17.7 Å². The molecule has 0 saturated carbocycles. The highest BCUT2D eigenvalue weighted by Gasteiger charge is 2.46. The van der Waals surface area contributed by atoms with Gasteiger partial charge in [0.15, 0.2) is 5.78 Å². The van der Waals surface area contributed by atoms with Crippen molar-refractivity contribution in [1.29, 1.82) is 5.26 Å². The second-order valence-corrected chi connectivity index (χ2v) is 4.56. The topological polar surface area (TPSA) is 116 Å². The van der Waals surface area contributed by atoms with Crippen LogP contribution in [0, 0.1) is 23.2 Å². The molecule has 0 bridgehead atoms. The Morgan fingerprint density at radius 3 is 2.35 bits per heavy atom. The molecular formula is C13H20N2O5. The molecule has 0 aromatic heterocycles. The fraction of sp³-hybridized carbons (Fsp3) is 0.692. The number of esters is 1. The summed E-state index contributed by atoms with van der Waals surface area (Å²) in [7, 11) is 0. The molecule has 0 aliphatic carbocycles. The second kappa shape index (κ2) is 8.27. The van der Waals surface area contributed by atoms with E-state index in [4.69, 9.17) is 5.26 Å². The van der Waals surface area contributed by atoms with E-state index in [1.54, 1.807) is 13.0 Å². The zero-order chi connectivity index (χ0) is 15.9. The largest absolute Gasteiger partial charge is 0.458 e. The molecular weight excluding hydrogens is 264 g/mol. The number of aliphatic hydroxyl groups is 1. The molecule has 20 heavy (non-hydrogen) atoms. The van der Waals surface area contributed by atoms with Crippen LogP contribution in [-0.4, -0.2) is 41.5 Å². The van der Waals surface area contributed by atoms with Crippen molar-refractivity contribution in [3.63, 3.8) is 0 Å². The van der Waals surface area contributed by atoms with Crippen LogP contribution in [0.1, 0.15) is 27.7 Å². The lowest BCUT2D eigenvalue weighted by atomic mass is 9.77. The summed E-state index contributed by atoms with van der Waals surface area (Å²) in [5, 5.41) is 19.3. The first-order chi connectivity index (χ1) is 9.26. The standard InChI is InChI=1S/C11H17NO5.C2H3N/c1-5(8(15)4-17-7(3)14)10-9(6(2)13)11(16)12-10;1-2-3/h5-6,9-10,13H,4H2,1-3H3,(H,12,16);1H3/t5-,6+,9+,10+;/m0./s1. The number of carbonyl (C=O) groups is 3. The van der Waals surface area contributed by atoms with E-state index in [1.165, 1.54) is 20.8 Å². The van der Waals surface area contributed by atoms with Crippen LogP contribution in [0.5, 0.6) is 0 Å². The molecule has 1 saturated heterocycles. The van der Waals surface area contributed by atoms with Crippen molar-refractivity contribution in [2.24, 2.45) is 11.8 Å². The summed E-state index contributed by atoms with van der Waals surface area (Å²) in [6.45, 7) is 5.52. The molecule has 112 valence electrons. The summed E-state index contributed by atoms with van der Waals surface area (Å²) in [5.41, 5.74) is 0. The molecule has 0 radical (unpaired) electrons. The molecule has 1 amide bonds. The van der Waals surface area contributed by atoms with Gasteiger partial charge in [-0.05, 0) is 6.92 Å². The monoisotopic (exact) mass is 284 g/mol. The first-order valence-corrected chi connectivity index (χ1v) is 6.21. The zero-order valence-electron chi connectivity index (χ0n) is 12.0. The Balaban J connectivity index is 0.00000110. The molecule has 1 aliphatic rings. The number of hydrogen-bond donors (Lipinski definition) is 2. The minimum atomic E-state index is -0.794. The van der Waals surface area contributed by atoms with Gasteiger partial charge in [0.05, 0.1) is 24.1 Å². The van der Waals surface area contributed by atoms with Crippen LogP contribution in [0.15, 0.2) is 0 Å². The molecule has 1 fully saturated rings. The summed E-state index contributed by atoms with van der Waals surface area (Å²) in [6, 6.07) is 1.37. The zero-order valence-corrected chi connectivity index (χ0v) is 12.0. The van der Waals surface area contributed by atoms with Gasteiger partial charge in [0.25, 0.3) is 0 Å². The van der Waals surface area contributed by atoms with Gasteiger partial charge in [-0.1, -0.05) is 6.92 Å². The maximum Gasteiger partial charge on any atom is 0.303 e. The lowest BCUT2D eigenvalue weighted by Crippen LogP contribution is -2.65. The minimum Gasteiger partial charge on any atom is -0.458 e. The Morgan fingerprint density at radius 1 is 1.50 bits per heavy atom. The first kappa shape index (κ1) is 18.1. The fourth-order valence-corrected chi connectivity index (χ4v) is 1.88. The van der Waals surface area contributed by atoms with Gasteiger partial charge in [0.1, 0.15) is 6.61 Å². The van der Waals surface area contributed by atoms with Crippen LogP contribution < -0.4 is 5.32 Å². The molecule has 0 aromatic carbocycles. The average Bonchev–Trinajstić information content (AvgIpc) is 2.32.